The Balaban J connectivity index is 1.49. The second-order valence-electron chi connectivity index (χ2n) is 8.59. The molecule has 1 aliphatic heterocycles. The molecule has 0 saturated carbocycles. The second kappa shape index (κ2) is 11.3. The van der Waals surface area contributed by atoms with Crippen LogP contribution in [0.3, 0.4) is 0 Å². The maximum absolute atomic E-state index is 11.3. The molecule has 1 fully saturated rings. The molecule has 1 saturated heterocycles. The number of carbonyl (C=O) groups is 1. The van der Waals surface area contributed by atoms with Crippen LogP contribution >= 0.6 is 0 Å². The van der Waals surface area contributed by atoms with Crippen LogP contribution in [-0.2, 0) is 9.53 Å². The second-order valence-corrected chi connectivity index (χ2v) is 8.59. The molecule has 0 spiro atoms. The average Bonchev–Trinajstić information content (AvgIpc) is 2.86. The first kappa shape index (κ1) is 23.9. The maximum Gasteiger partial charge on any atom is 0.221 e. The summed E-state index contributed by atoms with van der Waals surface area (Å²) in [6.07, 6.45) is 3.78. The van der Waals surface area contributed by atoms with Crippen LogP contribution < -0.4 is 14.8 Å². The van der Waals surface area contributed by atoms with Crippen molar-refractivity contribution in [1.82, 2.24) is 14.9 Å². The fourth-order valence-electron chi connectivity index (χ4n) is 4.29. The van der Waals surface area contributed by atoms with Gasteiger partial charge in [-0.25, -0.2) is 9.97 Å². The molecule has 1 amide bonds. The van der Waals surface area contributed by atoms with E-state index in [1.807, 2.05) is 36.4 Å². The van der Waals surface area contributed by atoms with E-state index in [0.29, 0.717) is 24.0 Å². The molecule has 1 aromatic heterocycles. The molecule has 2 aromatic carbocycles. The molecule has 1 N–H and O–H groups in total. The molecule has 3 aromatic rings. The largest absolute Gasteiger partial charge is 0.493 e. The van der Waals surface area contributed by atoms with Crippen molar-refractivity contribution in [3.05, 3.63) is 42.7 Å². The van der Waals surface area contributed by atoms with Crippen molar-refractivity contribution in [3.8, 4) is 22.8 Å². The SMILES string of the molecule is COCCN1CCC(COc2cc3ncnc(-c4ccc(NC(C)=O)cc4)c3cc2OC)CC1. The number of methoxy groups -OCH3 is 2. The number of hydrogen-bond acceptors (Lipinski definition) is 7. The molecule has 4 rings (SSSR count). The van der Waals surface area contributed by atoms with E-state index in [4.69, 9.17) is 14.2 Å². The molecular formula is C26H32N4O4. The van der Waals surface area contributed by atoms with E-state index in [0.717, 1.165) is 66.9 Å². The highest BCUT2D eigenvalue weighted by atomic mass is 16.5. The number of amides is 1. The van der Waals surface area contributed by atoms with Crippen molar-refractivity contribution in [2.45, 2.75) is 19.8 Å². The van der Waals surface area contributed by atoms with E-state index in [1.54, 1.807) is 20.5 Å². The topological polar surface area (TPSA) is 85.8 Å². The summed E-state index contributed by atoms with van der Waals surface area (Å²) in [5.41, 5.74) is 3.26. The summed E-state index contributed by atoms with van der Waals surface area (Å²) in [7, 11) is 3.39. The zero-order valence-corrected chi connectivity index (χ0v) is 20.0. The predicted molar refractivity (Wildman–Crippen MR) is 132 cm³/mol. The highest BCUT2D eigenvalue weighted by Crippen LogP contribution is 2.36. The van der Waals surface area contributed by atoms with Gasteiger partial charge in [-0.05, 0) is 50.0 Å². The number of nitrogens with zero attached hydrogens (tertiary/aromatic N) is 3. The van der Waals surface area contributed by atoms with Crippen LogP contribution in [0.2, 0.25) is 0 Å². The van der Waals surface area contributed by atoms with E-state index in [2.05, 4.69) is 20.2 Å². The third kappa shape index (κ3) is 5.81. The molecule has 8 heteroatoms. The van der Waals surface area contributed by atoms with Crippen LogP contribution in [0.25, 0.3) is 22.2 Å². The summed E-state index contributed by atoms with van der Waals surface area (Å²) in [6, 6.07) is 11.5. The minimum absolute atomic E-state index is 0.103. The van der Waals surface area contributed by atoms with Gasteiger partial charge in [0, 0.05) is 43.3 Å². The van der Waals surface area contributed by atoms with Crippen molar-refractivity contribution in [1.29, 1.82) is 0 Å². The first-order chi connectivity index (χ1) is 16.6. The van der Waals surface area contributed by atoms with E-state index in [-0.39, 0.29) is 5.91 Å². The lowest BCUT2D eigenvalue weighted by atomic mass is 9.98. The van der Waals surface area contributed by atoms with Crippen LogP contribution in [0.5, 0.6) is 11.5 Å². The van der Waals surface area contributed by atoms with E-state index < -0.39 is 0 Å². The Bertz CT molecular complexity index is 1110. The molecule has 0 atom stereocenters. The number of piperidine rings is 1. The summed E-state index contributed by atoms with van der Waals surface area (Å²) >= 11 is 0. The smallest absolute Gasteiger partial charge is 0.221 e. The summed E-state index contributed by atoms with van der Waals surface area (Å²) in [5.74, 6) is 1.77. The zero-order chi connectivity index (χ0) is 23.9. The van der Waals surface area contributed by atoms with Gasteiger partial charge in [0.05, 0.1) is 31.5 Å². The molecular weight excluding hydrogens is 432 g/mol. The summed E-state index contributed by atoms with van der Waals surface area (Å²) in [5, 5.41) is 3.66. The fraction of sp³-hybridized carbons (Fsp3) is 0.423. The van der Waals surface area contributed by atoms with E-state index in [1.165, 1.54) is 6.92 Å². The first-order valence-corrected chi connectivity index (χ1v) is 11.6. The molecule has 2 heterocycles. The van der Waals surface area contributed by atoms with Gasteiger partial charge in [-0.15, -0.1) is 0 Å². The van der Waals surface area contributed by atoms with Crippen LogP contribution in [0.4, 0.5) is 5.69 Å². The van der Waals surface area contributed by atoms with Gasteiger partial charge in [0.15, 0.2) is 11.5 Å². The number of carbonyl (C=O) groups excluding carboxylic acids is 1. The van der Waals surface area contributed by atoms with Gasteiger partial charge < -0.3 is 24.4 Å². The summed E-state index contributed by atoms with van der Waals surface area (Å²) in [4.78, 5) is 22.7. The molecule has 8 nitrogen and oxygen atoms in total. The molecule has 0 bridgehead atoms. The number of hydrogen-bond donors (Lipinski definition) is 1. The van der Waals surface area contributed by atoms with Crippen LogP contribution in [-0.4, -0.2) is 67.8 Å². The van der Waals surface area contributed by atoms with E-state index >= 15 is 0 Å². The molecule has 0 aliphatic carbocycles. The highest BCUT2D eigenvalue weighted by molar-refractivity contribution is 5.95. The summed E-state index contributed by atoms with van der Waals surface area (Å²) in [6.45, 7) is 6.05. The van der Waals surface area contributed by atoms with E-state index in [9.17, 15) is 4.79 Å². The van der Waals surface area contributed by atoms with Crippen LogP contribution in [0.1, 0.15) is 19.8 Å². The van der Waals surface area contributed by atoms with Crippen molar-refractivity contribution in [2.75, 3.05) is 52.4 Å². The lowest BCUT2D eigenvalue weighted by Gasteiger charge is -2.31. The number of aromatic nitrogens is 2. The Morgan fingerprint density at radius 3 is 2.53 bits per heavy atom. The minimum Gasteiger partial charge on any atom is -0.493 e. The van der Waals surface area contributed by atoms with Crippen molar-refractivity contribution >= 4 is 22.5 Å². The molecule has 1 aliphatic rings. The monoisotopic (exact) mass is 464 g/mol. The quantitative estimate of drug-likeness (QED) is 0.512. The number of ether oxygens (including phenoxy) is 3. The van der Waals surface area contributed by atoms with Gasteiger partial charge in [0.25, 0.3) is 0 Å². The minimum atomic E-state index is -0.103. The van der Waals surface area contributed by atoms with Gasteiger partial charge >= 0.3 is 0 Å². The standard InChI is InChI=1S/C26H32N4O4/c1-18(31)29-21-6-4-20(5-7-21)26-22-14-24(33-3)25(15-23(22)27-17-28-26)34-16-19-8-10-30(11-9-19)12-13-32-2/h4-7,14-15,17,19H,8-13,16H2,1-3H3,(H,29,31). The Kier molecular flexibility index (Phi) is 7.92. The number of nitrogens with one attached hydrogen (secondary N) is 1. The Hall–Kier alpha value is -3.23. The molecule has 0 unspecified atom stereocenters. The Labute approximate surface area is 200 Å². The van der Waals surface area contributed by atoms with Crippen molar-refractivity contribution < 1.29 is 19.0 Å². The number of fused-ring (bicyclic) bond motifs is 1. The van der Waals surface area contributed by atoms with Gasteiger partial charge in [-0.1, -0.05) is 12.1 Å². The lowest BCUT2D eigenvalue weighted by molar-refractivity contribution is -0.114. The van der Waals surface area contributed by atoms with Gasteiger partial charge in [0.1, 0.15) is 6.33 Å². The summed E-state index contributed by atoms with van der Waals surface area (Å²) < 4.78 is 17.1. The highest BCUT2D eigenvalue weighted by Gasteiger charge is 2.20. The number of benzene rings is 2. The first-order valence-electron chi connectivity index (χ1n) is 11.6. The van der Waals surface area contributed by atoms with Crippen molar-refractivity contribution in [3.63, 3.8) is 0 Å². The van der Waals surface area contributed by atoms with Gasteiger partial charge in [-0.2, -0.15) is 0 Å². The maximum atomic E-state index is 11.3. The molecule has 0 radical (unpaired) electrons. The third-order valence-corrected chi connectivity index (χ3v) is 6.19. The Morgan fingerprint density at radius 2 is 1.85 bits per heavy atom. The van der Waals surface area contributed by atoms with Gasteiger partial charge in [0.2, 0.25) is 5.91 Å². The molecule has 34 heavy (non-hydrogen) atoms. The lowest BCUT2D eigenvalue weighted by Crippen LogP contribution is -2.37. The average molecular weight is 465 g/mol. The Morgan fingerprint density at radius 1 is 1.09 bits per heavy atom. The normalized spacial score (nSPS) is 14.8. The third-order valence-electron chi connectivity index (χ3n) is 6.19. The fourth-order valence-corrected chi connectivity index (χ4v) is 4.29. The number of rotatable bonds is 9. The number of likely N-dealkylation sites (tertiary alicyclic amines) is 1. The zero-order valence-electron chi connectivity index (χ0n) is 20.0. The molecule has 180 valence electrons. The number of anilines is 1. The predicted octanol–water partition coefficient (Wildman–Crippen LogP) is 4.00. The van der Waals surface area contributed by atoms with Gasteiger partial charge in [-0.3, -0.25) is 4.79 Å². The van der Waals surface area contributed by atoms with Crippen molar-refractivity contribution in [2.24, 2.45) is 5.92 Å². The van der Waals surface area contributed by atoms with Crippen LogP contribution in [0, 0.1) is 5.92 Å². The van der Waals surface area contributed by atoms with Crippen LogP contribution in [0.15, 0.2) is 42.7 Å².